The Hall–Kier alpha value is -0.990. The summed E-state index contributed by atoms with van der Waals surface area (Å²) in [6.45, 7) is 1.68. The molecule has 0 spiro atoms. The van der Waals surface area contributed by atoms with Crippen molar-refractivity contribution in [1.82, 2.24) is 0 Å². The Kier molecular flexibility index (Phi) is 19.4. The number of thiocarbonyl (C=S) groups is 3. The maximum atomic E-state index is 9.43. The van der Waals surface area contributed by atoms with Gasteiger partial charge in [0.1, 0.15) is 0 Å². The van der Waals surface area contributed by atoms with E-state index < -0.39 is 11.8 Å². The smallest absolute Gasteiger partial charge is 0.252 e. The van der Waals surface area contributed by atoms with Crippen LogP contribution in [0, 0.1) is 0 Å². The van der Waals surface area contributed by atoms with Gasteiger partial charge in [-0.05, 0) is 6.92 Å². The molecule has 0 fully saturated rings. The molecule has 14 heavy (non-hydrogen) atoms. The highest BCUT2D eigenvalue weighted by Crippen LogP contribution is 1.48. The van der Waals surface area contributed by atoms with Gasteiger partial charge in [-0.3, -0.25) is 9.59 Å². The first-order valence-corrected chi connectivity index (χ1v) is 4.38. The number of hydrogen-bond acceptors (Lipinski definition) is 5. The fourth-order valence-corrected chi connectivity index (χ4v) is 0. The van der Waals surface area contributed by atoms with E-state index in [0.717, 1.165) is 10.7 Å². The summed E-state index contributed by atoms with van der Waals surface area (Å²) in [4.78, 5) is 19.4. The fourth-order valence-electron chi connectivity index (χ4n) is 0. The topological polar surface area (TPSA) is 112 Å². The van der Waals surface area contributed by atoms with E-state index in [-0.39, 0.29) is 0 Å². The second-order valence-electron chi connectivity index (χ2n) is 1.65. The normalized spacial score (nSPS) is 6.36. The zero-order valence-electron chi connectivity index (χ0n) is 7.43. The highest BCUT2D eigenvalue weighted by molar-refractivity contribution is 7.80. The number of nitrogens with two attached hydrogens (primary N) is 3. The molecule has 2 amide bonds. The molecule has 0 bridgehead atoms. The van der Waals surface area contributed by atoms with Crippen LogP contribution < -0.4 is 17.2 Å². The Balaban J connectivity index is -0.000000131. The molecule has 0 aromatic rings. The van der Waals surface area contributed by atoms with Crippen LogP contribution >= 0.6 is 36.7 Å². The van der Waals surface area contributed by atoms with Gasteiger partial charge in [-0.25, -0.2) is 0 Å². The summed E-state index contributed by atoms with van der Waals surface area (Å²) >= 11 is 12.5. The number of amides is 2. The lowest BCUT2D eigenvalue weighted by Gasteiger charge is -1.65. The molecule has 0 saturated carbocycles. The lowest BCUT2D eigenvalue weighted by atomic mass is 10.8. The van der Waals surface area contributed by atoms with Gasteiger partial charge in [0.25, 0.3) is 11.8 Å². The molecule has 80 valence electrons. The predicted octanol–water partition coefficient (Wildman–Crippen LogP) is -0.765. The Labute approximate surface area is 98.0 Å². The first-order valence-electron chi connectivity index (χ1n) is 3.03. The first-order chi connectivity index (χ1) is 6.27. The lowest BCUT2D eigenvalue weighted by Crippen LogP contribution is -2.09. The molecule has 0 aliphatic carbocycles. The quantitative estimate of drug-likeness (QED) is 0.557. The molecule has 0 unspecified atom stereocenters. The number of primary amides is 2. The summed E-state index contributed by atoms with van der Waals surface area (Å²) in [5, 5.41) is 1.78. The van der Waals surface area contributed by atoms with Crippen molar-refractivity contribution in [2.45, 2.75) is 6.92 Å². The van der Waals surface area contributed by atoms with E-state index in [0.29, 0.717) is 4.99 Å². The minimum absolute atomic E-state index is 0.500. The van der Waals surface area contributed by atoms with Crippen LogP contribution in [-0.2, 0) is 9.59 Å². The van der Waals surface area contributed by atoms with Crippen molar-refractivity contribution in [1.29, 1.82) is 0 Å². The zero-order valence-corrected chi connectivity index (χ0v) is 9.88. The van der Waals surface area contributed by atoms with E-state index >= 15 is 0 Å². The molecule has 8 heteroatoms. The van der Waals surface area contributed by atoms with Crippen molar-refractivity contribution in [2.75, 3.05) is 0 Å². The van der Waals surface area contributed by atoms with E-state index in [2.05, 4.69) is 48.1 Å². The molecule has 0 rings (SSSR count). The van der Waals surface area contributed by atoms with Crippen molar-refractivity contribution < 1.29 is 9.59 Å². The third-order valence-corrected chi connectivity index (χ3v) is 0.697. The van der Waals surface area contributed by atoms with E-state index in [1.807, 2.05) is 0 Å². The SMILES string of the molecule is CC(N)=S.NC(=O)C=S.NC(=O)C=S. The minimum Gasteiger partial charge on any atom is -0.394 e. The Morgan fingerprint density at radius 2 is 1.07 bits per heavy atom. The molecule has 6 N–H and O–H groups in total. The summed E-state index contributed by atoms with van der Waals surface area (Å²) in [6, 6.07) is 0. The number of rotatable bonds is 2. The molecule has 0 saturated heterocycles. The molecule has 0 aliphatic heterocycles. The van der Waals surface area contributed by atoms with Crippen LogP contribution in [0.2, 0.25) is 0 Å². The summed E-state index contributed by atoms with van der Waals surface area (Å²) in [5.74, 6) is -1.11. The summed E-state index contributed by atoms with van der Waals surface area (Å²) in [7, 11) is 0. The first kappa shape index (κ1) is 18.7. The van der Waals surface area contributed by atoms with Crippen LogP contribution in [0.1, 0.15) is 6.92 Å². The van der Waals surface area contributed by atoms with E-state index in [1.165, 1.54) is 0 Å². The molecule has 0 aromatic heterocycles. The third kappa shape index (κ3) is 122. The van der Waals surface area contributed by atoms with E-state index in [9.17, 15) is 9.59 Å². The van der Waals surface area contributed by atoms with Gasteiger partial charge in [0.05, 0.1) is 15.7 Å². The third-order valence-electron chi connectivity index (χ3n) is 0.232. The maximum Gasteiger partial charge on any atom is 0.252 e. The van der Waals surface area contributed by atoms with Crippen LogP contribution in [0.5, 0.6) is 0 Å². The van der Waals surface area contributed by atoms with Crippen molar-refractivity contribution in [2.24, 2.45) is 17.2 Å². The van der Waals surface area contributed by atoms with Gasteiger partial charge in [-0.2, -0.15) is 0 Å². The number of carbonyl (C=O) groups is 2. The second-order valence-corrected chi connectivity index (χ2v) is 2.77. The number of carbonyl (C=O) groups excluding carboxylic acids is 2. The zero-order chi connectivity index (χ0) is 12.1. The van der Waals surface area contributed by atoms with Crippen molar-refractivity contribution in [3.63, 3.8) is 0 Å². The largest absolute Gasteiger partial charge is 0.394 e. The van der Waals surface area contributed by atoms with Gasteiger partial charge in [0, 0.05) is 0 Å². The molecule has 0 radical (unpaired) electrons. The fraction of sp³-hybridized carbons (Fsp3) is 0.167. The van der Waals surface area contributed by atoms with E-state index in [1.54, 1.807) is 6.92 Å². The molecule has 0 aliphatic rings. The van der Waals surface area contributed by atoms with Crippen molar-refractivity contribution in [3.05, 3.63) is 0 Å². The van der Waals surface area contributed by atoms with Crippen LogP contribution in [-0.4, -0.2) is 27.5 Å². The Morgan fingerprint density at radius 1 is 1.00 bits per heavy atom. The van der Waals surface area contributed by atoms with Crippen LogP contribution in [0.25, 0.3) is 0 Å². The molecule has 0 atom stereocenters. The molecule has 5 nitrogen and oxygen atoms in total. The monoisotopic (exact) mass is 253 g/mol. The van der Waals surface area contributed by atoms with Crippen LogP contribution in [0.4, 0.5) is 0 Å². The van der Waals surface area contributed by atoms with Crippen LogP contribution in [0.3, 0.4) is 0 Å². The van der Waals surface area contributed by atoms with Crippen molar-refractivity contribution >= 4 is 64.2 Å². The molecular formula is C6H11N3O2S3. The summed E-state index contributed by atoms with van der Waals surface area (Å²) in [5.41, 5.74) is 13.8. The Morgan fingerprint density at radius 3 is 1.07 bits per heavy atom. The van der Waals surface area contributed by atoms with E-state index in [4.69, 9.17) is 5.73 Å². The summed E-state index contributed by atoms with van der Waals surface area (Å²) in [6.07, 6.45) is 0. The minimum atomic E-state index is -0.556. The average molecular weight is 253 g/mol. The highest BCUT2D eigenvalue weighted by atomic mass is 32.1. The van der Waals surface area contributed by atoms with Crippen molar-refractivity contribution in [3.8, 4) is 0 Å². The maximum absolute atomic E-state index is 9.43. The van der Waals surface area contributed by atoms with Crippen LogP contribution in [0.15, 0.2) is 0 Å². The second kappa shape index (κ2) is 14.5. The van der Waals surface area contributed by atoms with Gasteiger partial charge >= 0.3 is 0 Å². The molecular weight excluding hydrogens is 242 g/mol. The number of hydrogen-bond donors (Lipinski definition) is 3. The lowest BCUT2D eigenvalue weighted by molar-refractivity contribution is -0.112. The highest BCUT2D eigenvalue weighted by Gasteiger charge is 1.72. The molecule has 0 aromatic carbocycles. The van der Waals surface area contributed by atoms with Gasteiger partial charge in [0.2, 0.25) is 0 Å². The van der Waals surface area contributed by atoms with Gasteiger partial charge in [-0.15, -0.1) is 0 Å². The Bertz CT molecular complexity index is 208. The van der Waals surface area contributed by atoms with Gasteiger partial charge in [0.15, 0.2) is 0 Å². The van der Waals surface area contributed by atoms with Gasteiger partial charge in [-0.1, -0.05) is 36.7 Å². The average Bonchev–Trinajstić information content (AvgIpc) is 2.04. The summed E-state index contributed by atoms with van der Waals surface area (Å²) < 4.78 is 0. The standard InChI is InChI=1S/2C2H3NOS.C2H5NS/c2*3-2(4)1-5;1-2(3)4/h2*1H,(H2,3,4);1H3,(H2,3,4). The van der Waals surface area contributed by atoms with Gasteiger partial charge < -0.3 is 17.2 Å². The molecule has 0 heterocycles. The predicted molar refractivity (Wildman–Crippen MR) is 68.2 cm³/mol.